The van der Waals surface area contributed by atoms with E-state index in [2.05, 4.69) is 5.32 Å². The van der Waals surface area contributed by atoms with Crippen LogP contribution in [0.1, 0.15) is 60.6 Å². The van der Waals surface area contributed by atoms with Crippen molar-refractivity contribution in [3.8, 4) is 5.75 Å². The van der Waals surface area contributed by atoms with Gasteiger partial charge in [0.15, 0.2) is 0 Å². The highest BCUT2D eigenvalue weighted by Crippen LogP contribution is 2.31. The quantitative estimate of drug-likeness (QED) is 0.403. The van der Waals surface area contributed by atoms with Gasteiger partial charge in [-0.15, -0.1) is 11.3 Å². The summed E-state index contributed by atoms with van der Waals surface area (Å²) >= 11 is 0.875. The minimum Gasteiger partial charge on any atom is -0.496 e. The molecule has 0 aliphatic carbocycles. The Kier molecular flexibility index (Phi) is 8.54. The minimum absolute atomic E-state index is 0.0512. The van der Waals surface area contributed by atoms with Crippen LogP contribution in [0.3, 0.4) is 0 Å². The first-order chi connectivity index (χ1) is 17.4. The highest BCUT2D eigenvalue weighted by Gasteiger charge is 2.29. The van der Waals surface area contributed by atoms with Crippen molar-refractivity contribution in [1.29, 1.82) is 0 Å². The number of methoxy groups -OCH3 is 1. The first-order valence-electron chi connectivity index (χ1n) is 11.7. The van der Waals surface area contributed by atoms with Crippen molar-refractivity contribution >= 4 is 33.4 Å². The summed E-state index contributed by atoms with van der Waals surface area (Å²) in [6.07, 6.45) is -1.43. The second kappa shape index (κ2) is 11.3. The van der Waals surface area contributed by atoms with Crippen molar-refractivity contribution in [2.45, 2.75) is 59.4 Å². The van der Waals surface area contributed by atoms with Crippen LogP contribution in [0.5, 0.6) is 5.75 Å². The van der Waals surface area contributed by atoms with Crippen molar-refractivity contribution in [1.82, 2.24) is 14.5 Å². The molecule has 10 nitrogen and oxygen atoms in total. The van der Waals surface area contributed by atoms with E-state index in [9.17, 15) is 28.7 Å². The van der Waals surface area contributed by atoms with E-state index in [1.165, 1.54) is 26.2 Å². The molecule has 37 heavy (non-hydrogen) atoms. The number of carbonyl (C=O) groups excluding carboxylic acids is 2. The summed E-state index contributed by atoms with van der Waals surface area (Å²) in [6, 6.07) is 2.17. The molecule has 0 spiro atoms. The molecule has 3 rings (SSSR count). The zero-order chi connectivity index (χ0) is 27.6. The molecule has 0 unspecified atom stereocenters. The predicted octanol–water partition coefficient (Wildman–Crippen LogP) is 2.68. The van der Waals surface area contributed by atoms with Crippen LogP contribution in [0, 0.1) is 12.7 Å². The van der Waals surface area contributed by atoms with Crippen molar-refractivity contribution in [3.63, 3.8) is 0 Å². The van der Waals surface area contributed by atoms with Gasteiger partial charge in [0.25, 0.3) is 5.56 Å². The van der Waals surface area contributed by atoms with Gasteiger partial charge >= 0.3 is 11.7 Å². The summed E-state index contributed by atoms with van der Waals surface area (Å²) < 4.78 is 26.2. The Morgan fingerprint density at radius 2 is 1.89 bits per heavy atom. The summed E-state index contributed by atoms with van der Waals surface area (Å²) in [6.45, 7) is 7.79. The predicted molar refractivity (Wildman–Crippen MR) is 137 cm³/mol. The Labute approximate surface area is 216 Å². The van der Waals surface area contributed by atoms with Gasteiger partial charge in [-0.2, -0.15) is 0 Å². The number of fused-ring (bicyclic) bond motifs is 1. The number of nitrogens with one attached hydrogen (secondary N) is 1. The van der Waals surface area contributed by atoms with E-state index in [1.54, 1.807) is 27.7 Å². The number of amides is 1. The highest BCUT2D eigenvalue weighted by atomic mass is 32.1. The number of esters is 1. The number of aliphatic hydroxyl groups excluding tert-OH is 1. The number of hydrogen-bond donors (Lipinski definition) is 2. The molecule has 200 valence electrons. The summed E-state index contributed by atoms with van der Waals surface area (Å²) in [5.41, 5.74) is -1.23. The molecule has 2 atom stereocenters. The standard InChI is InChI=1S/C25H30FN3O7S/c1-7-36-24(33)20-13(4)19-22(32)29(14(5)21(31)27-12(2)3)25(34)28(23(19)37-20)11-17(30)16-10-15(26)8-9-18(16)35-6/h8-10,12,14,17,30H,7,11H2,1-6H3,(H,27,31)/t14-,17-/m0/s1. The number of hydrogen-bond acceptors (Lipinski definition) is 8. The van der Waals surface area contributed by atoms with Gasteiger partial charge in [0.1, 0.15) is 33.4 Å². The SMILES string of the molecule is CCOC(=O)c1sc2c(c1C)c(=O)n([C@@H](C)C(=O)NC(C)C)c(=O)n2C[C@H](O)c1cc(F)ccc1OC. The molecule has 0 fully saturated rings. The lowest BCUT2D eigenvalue weighted by Gasteiger charge is -2.20. The lowest BCUT2D eigenvalue weighted by atomic mass is 10.1. The first kappa shape index (κ1) is 28.1. The summed E-state index contributed by atoms with van der Waals surface area (Å²) in [5.74, 6) is -1.63. The second-order valence-electron chi connectivity index (χ2n) is 8.77. The maximum atomic E-state index is 14.0. The first-order valence-corrected chi connectivity index (χ1v) is 12.5. The maximum Gasteiger partial charge on any atom is 0.348 e. The molecule has 12 heteroatoms. The summed E-state index contributed by atoms with van der Waals surface area (Å²) in [7, 11) is 1.36. The number of nitrogens with zero attached hydrogens (tertiary/aromatic N) is 2. The number of thiophene rings is 1. The molecule has 0 aliphatic heterocycles. The third-order valence-electron chi connectivity index (χ3n) is 5.81. The Morgan fingerprint density at radius 3 is 2.49 bits per heavy atom. The highest BCUT2D eigenvalue weighted by molar-refractivity contribution is 7.20. The van der Waals surface area contributed by atoms with Gasteiger partial charge in [0.05, 0.1) is 25.6 Å². The number of benzene rings is 1. The molecular formula is C25H30FN3O7S. The molecule has 0 saturated carbocycles. The molecule has 0 radical (unpaired) electrons. The Morgan fingerprint density at radius 1 is 1.22 bits per heavy atom. The Hall–Kier alpha value is -3.51. The number of carbonyl (C=O) groups is 2. The molecule has 0 bridgehead atoms. The lowest BCUT2D eigenvalue weighted by Crippen LogP contribution is -2.47. The molecule has 0 aliphatic rings. The average Bonchev–Trinajstić information content (AvgIpc) is 3.18. The molecule has 1 amide bonds. The van der Waals surface area contributed by atoms with E-state index < -0.39 is 47.6 Å². The molecule has 2 heterocycles. The van der Waals surface area contributed by atoms with Crippen molar-refractivity contribution < 1.29 is 28.6 Å². The number of aromatic nitrogens is 2. The van der Waals surface area contributed by atoms with Gasteiger partial charge in [-0.25, -0.2) is 18.5 Å². The molecule has 2 N–H and O–H groups in total. The van der Waals surface area contributed by atoms with Crippen LogP contribution in [0.15, 0.2) is 27.8 Å². The number of aryl methyl sites for hydroxylation is 1. The van der Waals surface area contributed by atoms with Gasteiger partial charge in [-0.05, 0) is 58.4 Å². The summed E-state index contributed by atoms with van der Waals surface area (Å²) in [4.78, 5) is 52.8. The van der Waals surface area contributed by atoms with Crippen molar-refractivity contribution in [2.24, 2.45) is 0 Å². The topological polar surface area (TPSA) is 129 Å². The van der Waals surface area contributed by atoms with Crippen LogP contribution in [0.2, 0.25) is 0 Å². The van der Waals surface area contributed by atoms with Crippen LogP contribution in [-0.4, -0.2) is 45.9 Å². The number of ether oxygens (including phenoxy) is 2. The Bertz CT molecular complexity index is 1460. The molecule has 1 aromatic carbocycles. The Balaban J connectivity index is 2.30. The molecule has 0 saturated heterocycles. The van der Waals surface area contributed by atoms with Gasteiger partial charge < -0.3 is 19.9 Å². The monoisotopic (exact) mass is 535 g/mol. The van der Waals surface area contributed by atoms with Crippen molar-refractivity contribution in [3.05, 3.63) is 60.9 Å². The van der Waals surface area contributed by atoms with Crippen LogP contribution in [-0.2, 0) is 16.1 Å². The van der Waals surface area contributed by atoms with Crippen molar-refractivity contribution in [2.75, 3.05) is 13.7 Å². The molecule has 3 aromatic rings. The fraction of sp³-hybridized carbons (Fsp3) is 0.440. The smallest absolute Gasteiger partial charge is 0.348 e. The van der Waals surface area contributed by atoms with Gasteiger partial charge in [-0.1, -0.05) is 0 Å². The maximum absolute atomic E-state index is 14.0. The minimum atomic E-state index is -1.43. The van der Waals surface area contributed by atoms with Gasteiger partial charge in [-0.3, -0.25) is 14.2 Å². The molecular weight excluding hydrogens is 505 g/mol. The number of rotatable bonds is 9. The third kappa shape index (κ3) is 5.44. The van der Waals surface area contributed by atoms with Crippen LogP contribution in [0.4, 0.5) is 4.39 Å². The zero-order valence-electron chi connectivity index (χ0n) is 21.5. The van der Waals surface area contributed by atoms with E-state index in [1.807, 2.05) is 0 Å². The van der Waals surface area contributed by atoms with E-state index in [0.29, 0.717) is 5.56 Å². The average molecular weight is 536 g/mol. The second-order valence-corrected chi connectivity index (χ2v) is 9.77. The van der Waals surface area contributed by atoms with E-state index in [-0.39, 0.29) is 39.1 Å². The molecule has 2 aromatic heterocycles. The lowest BCUT2D eigenvalue weighted by molar-refractivity contribution is -0.124. The summed E-state index contributed by atoms with van der Waals surface area (Å²) in [5, 5.41) is 13.8. The van der Waals surface area contributed by atoms with Crippen LogP contribution >= 0.6 is 11.3 Å². The van der Waals surface area contributed by atoms with Crippen LogP contribution in [0.25, 0.3) is 10.2 Å². The van der Waals surface area contributed by atoms with E-state index >= 15 is 0 Å². The largest absolute Gasteiger partial charge is 0.496 e. The van der Waals surface area contributed by atoms with E-state index in [4.69, 9.17) is 9.47 Å². The number of aliphatic hydroxyl groups is 1. The zero-order valence-corrected chi connectivity index (χ0v) is 22.3. The number of halogens is 1. The van der Waals surface area contributed by atoms with Gasteiger partial charge in [0.2, 0.25) is 5.91 Å². The van der Waals surface area contributed by atoms with Crippen LogP contribution < -0.4 is 21.3 Å². The third-order valence-corrected chi connectivity index (χ3v) is 7.10. The normalized spacial score (nSPS) is 13.0. The fourth-order valence-corrected chi connectivity index (χ4v) is 5.21. The van der Waals surface area contributed by atoms with E-state index in [0.717, 1.165) is 26.5 Å². The fourth-order valence-electron chi connectivity index (χ4n) is 4.02. The van der Waals surface area contributed by atoms with Gasteiger partial charge in [0, 0.05) is 11.6 Å².